The normalized spacial score (nSPS) is 20.1. The average molecular weight is 1010 g/mol. The number of anilines is 5. The second-order valence-corrected chi connectivity index (χ2v) is 31.2. The zero-order valence-corrected chi connectivity index (χ0v) is 51.5. The molecule has 0 fully saturated rings. The van der Waals surface area contributed by atoms with Gasteiger partial charge in [0.1, 0.15) is 0 Å². The number of hydrogen-bond donors (Lipinski definition) is 0. The van der Waals surface area contributed by atoms with Crippen molar-refractivity contribution < 1.29 is 0 Å². The third kappa shape index (κ3) is 9.25. The third-order valence-corrected chi connectivity index (χ3v) is 20.5. The molecule has 74 heavy (non-hydrogen) atoms. The fourth-order valence-corrected chi connectivity index (χ4v) is 15.2. The zero-order valence-electron chi connectivity index (χ0n) is 50.7. The van der Waals surface area contributed by atoms with E-state index >= 15 is 0 Å². The predicted molar refractivity (Wildman–Crippen MR) is 325 cm³/mol. The maximum atomic E-state index is 2.80. The van der Waals surface area contributed by atoms with Crippen molar-refractivity contribution in [3.8, 4) is 11.1 Å². The molecule has 3 aliphatic heterocycles. The first-order valence-electron chi connectivity index (χ1n) is 28.7. The Kier molecular flexibility index (Phi) is 13.2. The van der Waals surface area contributed by atoms with Gasteiger partial charge in [0.25, 0.3) is 0 Å². The molecule has 5 aromatic rings. The summed E-state index contributed by atoms with van der Waals surface area (Å²) in [7, 11) is 0. The van der Waals surface area contributed by atoms with Gasteiger partial charge < -0.3 is 9.80 Å². The Morgan fingerprint density at radius 1 is 0.608 bits per heavy atom. The van der Waals surface area contributed by atoms with E-state index in [1.54, 1.807) is 5.57 Å². The summed E-state index contributed by atoms with van der Waals surface area (Å²) in [5.74, 6) is 0.914. The molecule has 396 valence electrons. The first kappa shape index (κ1) is 54.6. The van der Waals surface area contributed by atoms with Gasteiger partial charge in [0.2, 0.25) is 0 Å². The van der Waals surface area contributed by atoms with Gasteiger partial charge in [-0.2, -0.15) is 0 Å². The van der Waals surface area contributed by atoms with Crippen LogP contribution in [0.5, 0.6) is 0 Å². The summed E-state index contributed by atoms with van der Waals surface area (Å²) in [4.78, 5) is 8.34. The van der Waals surface area contributed by atoms with E-state index in [0.29, 0.717) is 11.8 Å². The topological polar surface area (TPSA) is 6.48 Å². The average Bonchev–Trinajstić information content (AvgIpc) is 3.30. The van der Waals surface area contributed by atoms with Crippen molar-refractivity contribution in [2.24, 2.45) is 17.3 Å². The van der Waals surface area contributed by atoms with Crippen molar-refractivity contribution >= 4 is 40.2 Å². The monoisotopic (exact) mass is 1010 g/mol. The Morgan fingerprint density at radius 3 is 1.74 bits per heavy atom. The summed E-state index contributed by atoms with van der Waals surface area (Å²) >= 11 is 2.06. The van der Waals surface area contributed by atoms with E-state index in [-0.39, 0.29) is 43.3 Å². The summed E-state index contributed by atoms with van der Waals surface area (Å²) in [6.07, 6.45) is 8.21. The molecule has 0 amide bonds. The molecule has 2 atom stereocenters. The molecular weight excluding hydrogens is 913 g/mol. The van der Waals surface area contributed by atoms with Crippen LogP contribution in [0.4, 0.5) is 28.4 Å². The van der Waals surface area contributed by atoms with E-state index in [9.17, 15) is 0 Å². The zero-order chi connectivity index (χ0) is 54.4. The molecule has 0 radical (unpaired) electrons. The van der Waals surface area contributed by atoms with E-state index in [1.165, 1.54) is 125 Å². The molecule has 0 saturated carbocycles. The predicted octanol–water partition coefficient (Wildman–Crippen LogP) is 21.3. The van der Waals surface area contributed by atoms with E-state index in [2.05, 4.69) is 260 Å². The maximum Gasteiger partial charge on any atom is 0.0666 e. The number of rotatable bonds is 6. The lowest BCUT2D eigenvalue weighted by atomic mass is 9.63. The van der Waals surface area contributed by atoms with Crippen molar-refractivity contribution in [3.63, 3.8) is 0 Å². The highest BCUT2D eigenvalue weighted by molar-refractivity contribution is 8.00. The van der Waals surface area contributed by atoms with Gasteiger partial charge in [-0.1, -0.05) is 199 Å². The summed E-state index contributed by atoms with van der Waals surface area (Å²) in [5.41, 5.74) is 23.7. The highest BCUT2D eigenvalue weighted by Crippen LogP contribution is 2.63. The number of hydrogen-bond acceptors (Lipinski definition) is 3. The van der Waals surface area contributed by atoms with E-state index < -0.39 is 0 Å². The molecule has 2 unspecified atom stereocenters. The molecule has 10 rings (SSSR count). The summed E-state index contributed by atoms with van der Waals surface area (Å²) in [5, 5.41) is 0. The van der Waals surface area contributed by atoms with Gasteiger partial charge >= 0.3 is 0 Å². The van der Waals surface area contributed by atoms with E-state index in [0.717, 1.165) is 13.0 Å². The van der Waals surface area contributed by atoms with Crippen LogP contribution in [0.1, 0.15) is 234 Å². The van der Waals surface area contributed by atoms with E-state index in [4.69, 9.17) is 0 Å². The number of benzene rings is 5. The number of nitrogens with zero attached hydrogens (tertiary/aromatic N) is 2. The van der Waals surface area contributed by atoms with Gasteiger partial charge in [0.05, 0.1) is 22.0 Å². The van der Waals surface area contributed by atoms with E-state index in [1.807, 2.05) is 0 Å². The molecule has 3 heterocycles. The largest absolute Gasteiger partial charge is 0.340 e. The second kappa shape index (κ2) is 17.9. The quantitative estimate of drug-likeness (QED) is 0.154. The number of aryl methyl sites for hydroxylation is 1. The first-order chi connectivity index (χ1) is 34.0. The Morgan fingerprint density at radius 2 is 1.18 bits per heavy atom. The van der Waals surface area contributed by atoms with Gasteiger partial charge in [0.15, 0.2) is 0 Å². The van der Waals surface area contributed by atoms with Crippen molar-refractivity contribution in [2.45, 2.75) is 239 Å². The fraction of sp³-hybridized carbons (Fsp3) is 0.549. The molecule has 2 aliphatic carbocycles. The minimum absolute atomic E-state index is 0.0210. The lowest BCUT2D eigenvalue weighted by Gasteiger charge is -2.46. The molecule has 2 nitrogen and oxygen atoms in total. The van der Waals surface area contributed by atoms with Gasteiger partial charge in [-0.15, -0.1) is 0 Å². The van der Waals surface area contributed by atoms with Gasteiger partial charge in [-0.05, 0) is 194 Å². The molecular formula is C71H96N2S. The SMILES string of the molecule is C/C=C(\C(C)C(C)CCN1c2ccc(C(C)(C)C)cc2-c2cc(C(C)(C)C)cc(c2)C(C)(C)c2c(C)cc1c1c2N(c2ccc3c(c2)C(C)(C)CCC3(C)C)c2cc3c(cc2S1)C(C)(C)CCC3(C)C)C(C)(C)C. The third-order valence-electron chi connectivity index (χ3n) is 19.4. The number of allylic oxidation sites excluding steroid dienone is 2. The summed E-state index contributed by atoms with van der Waals surface area (Å²) < 4.78 is 0. The van der Waals surface area contributed by atoms with Crippen LogP contribution in [-0.4, -0.2) is 6.54 Å². The highest BCUT2D eigenvalue weighted by Gasteiger charge is 2.45. The molecule has 0 saturated heterocycles. The molecule has 0 spiro atoms. The van der Waals surface area contributed by atoms with Crippen LogP contribution in [0.15, 0.2) is 94.2 Å². The van der Waals surface area contributed by atoms with Crippen LogP contribution in [-0.2, 0) is 37.9 Å². The fourth-order valence-electron chi connectivity index (χ4n) is 14.0. The van der Waals surface area contributed by atoms with Crippen molar-refractivity contribution in [1.82, 2.24) is 0 Å². The molecule has 5 aromatic carbocycles. The molecule has 5 aliphatic rings. The van der Waals surface area contributed by atoms with Crippen LogP contribution >= 0.6 is 11.8 Å². The molecule has 3 heteroatoms. The molecule has 0 N–H and O–H groups in total. The van der Waals surface area contributed by atoms with Crippen LogP contribution < -0.4 is 9.80 Å². The van der Waals surface area contributed by atoms with Gasteiger partial charge in [0, 0.05) is 33.8 Å². The van der Waals surface area contributed by atoms with Crippen LogP contribution in [0, 0.1) is 24.2 Å². The highest BCUT2D eigenvalue weighted by atomic mass is 32.2. The van der Waals surface area contributed by atoms with Crippen molar-refractivity contribution in [1.29, 1.82) is 0 Å². The summed E-state index contributed by atoms with van der Waals surface area (Å²) in [6, 6.07) is 30.8. The minimum Gasteiger partial charge on any atom is -0.340 e. The standard InChI is InChI=1S/C71H96N2S/c1-24-52(66(11,12)13)45(4)43(2)29-34-72-57-28-25-47(64(5,6)7)39-51(57)46-36-48(65(8,9)10)38-49(37-46)71(22,23)61-44(3)35-59(72)63-62(61)73(50-26-27-53-54(40-50)68(16,17)31-30-67(53,14)15)58-41-55-56(42-60(58)74-63)70(20,21)33-32-69(55,18)19/h24-28,35-43,45H,29-34H2,1-23H3/b52-24+. The minimum atomic E-state index is -0.374. The lowest BCUT2D eigenvalue weighted by Crippen LogP contribution is -2.35. The molecule has 4 bridgehead atoms. The van der Waals surface area contributed by atoms with Crippen molar-refractivity contribution in [2.75, 3.05) is 16.3 Å². The van der Waals surface area contributed by atoms with Crippen molar-refractivity contribution in [3.05, 3.63) is 135 Å². The smallest absolute Gasteiger partial charge is 0.0666 e. The Labute approximate surface area is 456 Å². The van der Waals surface area contributed by atoms with Gasteiger partial charge in [-0.25, -0.2) is 0 Å². The Balaban J connectivity index is 1.44. The summed E-state index contributed by atoms with van der Waals surface area (Å²) in [6.45, 7) is 57.1. The van der Waals surface area contributed by atoms with Gasteiger partial charge in [-0.3, -0.25) is 0 Å². The lowest BCUT2D eigenvalue weighted by molar-refractivity contribution is 0.331. The Hall–Kier alpha value is -4.21. The maximum absolute atomic E-state index is 2.80. The first-order valence-corrected chi connectivity index (χ1v) is 29.6. The molecule has 0 aromatic heterocycles. The van der Waals surface area contributed by atoms with Crippen LogP contribution in [0.2, 0.25) is 0 Å². The van der Waals surface area contributed by atoms with Crippen LogP contribution in [0.25, 0.3) is 11.1 Å². The van der Waals surface area contributed by atoms with Crippen LogP contribution in [0.3, 0.4) is 0 Å². The second-order valence-electron chi connectivity index (χ2n) is 30.2. The Bertz CT molecular complexity index is 3070. The number of fused-ring (bicyclic) bond motifs is 4.